The molecule has 1 heterocycles. The zero-order valence-electron chi connectivity index (χ0n) is 10.2. The Hall–Kier alpha value is -1.08. The van der Waals surface area contributed by atoms with Crippen molar-refractivity contribution in [1.29, 1.82) is 5.26 Å². The Bertz CT molecular complexity index is 266. The summed E-state index contributed by atoms with van der Waals surface area (Å²) in [5.41, 5.74) is 0. The third-order valence-electron chi connectivity index (χ3n) is 3.05. The minimum absolute atomic E-state index is 0.133. The Morgan fingerprint density at radius 1 is 1.44 bits per heavy atom. The highest BCUT2D eigenvalue weighted by atomic mass is 16.2. The molecule has 90 valence electrons. The van der Waals surface area contributed by atoms with Crippen LogP contribution in [0.5, 0.6) is 0 Å². The van der Waals surface area contributed by atoms with Crippen LogP contribution in [0.4, 0.5) is 0 Å². The van der Waals surface area contributed by atoms with E-state index < -0.39 is 0 Å². The molecular weight excluding hydrogens is 202 g/mol. The van der Waals surface area contributed by atoms with Crippen molar-refractivity contribution in [1.82, 2.24) is 10.2 Å². The molecule has 1 aliphatic heterocycles. The number of likely N-dealkylation sites (tertiary alicyclic amines) is 1. The summed E-state index contributed by atoms with van der Waals surface area (Å²) in [6.07, 6.45) is 4.16. The van der Waals surface area contributed by atoms with Gasteiger partial charge in [0.2, 0.25) is 5.91 Å². The second kappa shape index (κ2) is 6.49. The lowest BCUT2D eigenvalue weighted by Gasteiger charge is -2.30. The van der Waals surface area contributed by atoms with E-state index in [2.05, 4.69) is 11.4 Å². The van der Waals surface area contributed by atoms with E-state index in [4.69, 9.17) is 5.26 Å². The molecule has 2 atom stereocenters. The number of carbonyl (C=O) groups excluding carboxylic acids is 1. The van der Waals surface area contributed by atoms with Crippen LogP contribution < -0.4 is 5.32 Å². The van der Waals surface area contributed by atoms with Gasteiger partial charge in [0.05, 0.1) is 18.2 Å². The van der Waals surface area contributed by atoms with Gasteiger partial charge in [0, 0.05) is 13.1 Å². The zero-order valence-corrected chi connectivity index (χ0v) is 10.2. The molecule has 1 aliphatic rings. The van der Waals surface area contributed by atoms with Crippen LogP contribution in [0, 0.1) is 11.3 Å². The van der Waals surface area contributed by atoms with E-state index in [1.54, 1.807) is 0 Å². The predicted octanol–water partition coefficient (Wildman–Crippen LogP) is 1.28. The number of nitriles is 1. The smallest absolute Gasteiger partial charge is 0.239 e. The summed E-state index contributed by atoms with van der Waals surface area (Å²) in [5, 5.41) is 11.9. The lowest BCUT2D eigenvalue weighted by atomic mass is 10.1. The van der Waals surface area contributed by atoms with Crippen molar-refractivity contribution in [3.63, 3.8) is 0 Å². The van der Waals surface area contributed by atoms with Crippen LogP contribution in [0.1, 0.15) is 39.5 Å². The molecule has 0 aromatic rings. The van der Waals surface area contributed by atoms with E-state index in [1.165, 1.54) is 6.42 Å². The molecule has 1 N–H and O–H groups in total. The second-order valence-corrected chi connectivity index (χ2v) is 4.36. The monoisotopic (exact) mass is 223 g/mol. The van der Waals surface area contributed by atoms with Crippen molar-refractivity contribution in [2.45, 2.75) is 51.6 Å². The minimum atomic E-state index is -0.248. The molecule has 4 nitrogen and oxygen atoms in total. The van der Waals surface area contributed by atoms with Crippen LogP contribution in [-0.4, -0.2) is 36.0 Å². The molecule has 0 saturated carbocycles. The molecule has 1 rings (SSSR count). The van der Waals surface area contributed by atoms with Gasteiger partial charge in [0.15, 0.2) is 0 Å². The third kappa shape index (κ3) is 3.49. The SMILES string of the molecule is CCC(C#N)NC(C)C(=O)N1CCCCC1. The number of nitrogens with zero attached hydrogens (tertiary/aromatic N) is 2. The first-order chi connectivity index (χ1) is 7.69. The fourth-order valence-electron chi connectivity index (χ4n) is 2.01. The number of hydrogen-bond donors (Lipinski definition) is 1. The topological polar surface area (TPSA) is 56.1 Å². The van der Waals surface area contributed by atoms with Gasteiger partial charge in [-0.05, 0) is 32.6 Å². The molecule has 0 aromatic carbocycles. The fourth-order valence-corrected chi connectivity index (χ4v) is 2.01. The molecule has 4 heteroatoms. The maximum atomic E-state index is 12.0. The highest BCUT2D eigenvalue weighted by Crippen LogP contribution is 2.10. The highest BCUT2D eigenvalue weighted by molar-refractivity contribution is 5.81. The summed E-state index contributed by atoms with van der Waals surface area (Å²) in [6.45, 7) is 5.53. The first kappa shape index (κ1) is 13.0. The van der Waals surface area contributed by atoms with E-state index in [9.17, 15) is 4.79 Å². The van der Waals surface area contributed by atoms with Gasteiger partial charge in [-0.3, -0.25) is 10.1 Å². The van der Waals surface area contributed by atoms with Crippen LogP contribution in [0.25, 0.3) is 0 Å². The van der Waals surface area contributed by atoms with Gasteiger partial charge in [0.25, 0.3) is 0 Å². The van der Waals surface area contributed by atoms with Gasteiger partial charge in [0.1, 0.15) is 0 Å². The van der Waals surface area contributed by atoms with Gasteiger partial charge >= 0.3 is 0 Å². The molecule has 2 unspecified atom stereocenters. The largest absolute Gasteiger partial charge is 0.341 e. The molecule has 0 spiro atoms. The second-order valence-electron chi connectivity index (χ2n) is 4.36. The Morgan fingerprint density at radius 3 is 2.56 bits per heavy atom. The Morgan fingerprint density at radius 2 is 2.06 bits per heavy atom. The number of nitrogens with one attached hydrogen (secondary N) is 1. The third-order valence-corrected chi connectivity index (χ3v) is 3.05. The normalized spacial score (nSPS) is 19.9. The highest BCUT2D eigenvalue weighted by Gasteiger charge is 2.23. The molecule has 1 fully saturated rings. The standard InChI is InChI=1S/C12H21N3O/c1-3-11(9-13)14-10(2)12(16)15-7-5-4-6-8-15/h10-11,14H,3-8H2,1-2H3. The molecule has 1 amide bonds. The Labute approximate surface area is 97.6 Å². The van der Waals surface area contributed by atoms with Crippen molar-refractivity contribution in [3.8, 4) is 6.07 Å². The summed E-state index contributed by atoms with van der Waals surface area (Å²) in [7, 11) is 0. The first-order valence-electron chi connectivity index (χ1n) is 6.13. The van der Waals surface area contributed by atoms with Crippen molar-refractivity contribution >= 4 is 5.91 Å². The van der Waals surface area contributed by atoms with Crippen LogP contribution in [-0.2, 0) is 4.79 Å². The molecule has 0 aromatic heterocycles. The Balaban J connectivity index is 2.43. The van der Waals surface area contributed by atoms with Gasteiger partial charge in [-0.1, -0.05) is 6.92 Å². The average molecular weight is 223 g/mol. The summed E-state index contributed by atoms with van der Waals surface area (Å²) >= 11 is 0. The van der Waals surface area contributed by atoms with Crippen molar-refractivity contribution in [2.75, 3.05) is 13.1 Å². The number of rotatable bonds is 4. The number of piperidine rings is 1. The van der Waals surface area contributed by atoms with Crippen molar-refractivity contribution in [2.24, 2.45) is 0 Å². The number of carbonyl (C=O) groups is 1. The summed E-state index contributed by atoms with van der Waals surface area (Å²) in [5.74, 6) is 0.133. The van der Waals surface area contributed by atoms with E-state index >= 15 is 0 Å². The van der Waals surface area contributed by atoms with Gasteiger partial charge in [-0.25, -0.2) is 0 Å². The molecule has 0 radical (unpaired) electrons. The lowest BCUT2D eigenvalue weighted by molar-refractivity contribution is -0.134. The summed E-state index contributed by atoms with van der Waals surface area (Å²) in [4.78, 5) is 13.9. The van der Waals surface area contributed by atoms with Crippen LogP contribution in [0.15, 0.2) is 0 Å². The predicted molar refractivity (Wildman–Crippen MR) is 62.7 cm³/mol. The Kier molecular flexibility index (Phi) is 5.27. The zero-order chi connectivity index (χ0) is 12.0. The minimum Gasteiger partial charge on any atom is -0.341 e. The number of amides is 1. The van der Waals surface area contributed by atoms with E-state index in [0.717, 1.165) is 32.4 Å². The fraction of sp³-hybridized carbons (Fsp3) is 0.833. The summed E-state index contributed by atoms with van der Waals surface area (Å²) < 4.78 is 0. The summed E-state index contributed by atoms with van der Waals surface area (Å²) in [6, 6.07) is 1.69. The maximum absolute atomic E-state index is 12.0. The lowest BCUT2D eigenvalue weighted by Crippen LogP contribution is -2.49. The quantitative estimate of drug-likeness (QED) is 0.781. The van der Waals surface area contributed by atoms with Crippen LogP contribution >= 0.6 is 0 Å². The van der Waals surface area contributed by atoms with Gasteiger partial charge in [-0.2, -0.15) is 5.26 Å². The molecule has 0 aliphatic carbocycles. The van der Waals surface area contributed by atoms with E-state index in [0.29, 0.717) is 0 Å². The van der Waals surface area contributed by atoms with E-state index in [1.807, 2.05) is 18.7 Å². The number of hydrogen-bond acceptors (Lipinski definition) is 3. The molecule has 0 bridgehead atoms. The average Bonchev–Trinajstić information content (AvgIpc) is 2.35. The van der Waals surface area contributed by atoms with Crippen molar-refractivity contribution in [3.05, 3.63) is 0 Å². The first-order valence-corrected chi connectivity index (χ1v) is 6.13. The maximum Gasteiger partial charge on any atom is 0.239 e. The van der Waals surface area contributed by atoms with Gasteiger partial charge < -0.3 is 4.90 Å². The van der Waals surface area contributed by atoms with Crippen LogP contribution in [0.3, 0.4) is 0 Å². The van der Waals surface area contributed by atoms with Crippen LogP contribution in [0.2, 0.25) is 0 Å². The molecule has 1 saturated heterocycles. The van der Waals surface area contributed by atoms with E-state index in [-0.39, 0.29) is 18.0 Å². The molecule has 16 heavy (non-hydrogen) atoms. The molecular formula is C12H21N3O. The van der Waals surface area contributed by atoms with Crippen molar-refractivity contribution < 1.29 is 4.79 Å². The van der Waals surface area contributed by atoms with Gasteiger partial charge in [-0.15, -0.1) is 0 Å².